The van der Waals surface area contributed by atoms with Crippen LogP contribution in [-0.2, 0) is 21.4 Å². The monoisotopic (exact) mass is 466 g/mol. The SMILES string of the molecule is CCOC(=O)c1cc(-c2ccc(/C=N\NC(=O)Cc3ccc(C(C)(C)C)cc3)o2)ccc1Cl. The fourth-order valence-corrected chi connectivity index (χ4v) is 3.33. The van der Waals surface area contributed by atoms with Crippen LogP contribution in [0.4, 0.5) is 0 Å². The summed E-state index contributed by atoms with van der Waals surface area (Å²) >= 11 is 6.11. The van der Waals surface area contributed by atoms with E-state index in [0.717, 1.165) is 5.56 Å². The summed E-state index contributed by atoms with van der Waals surface area (Å²) < 4.78 is 10.8. The molecule has 0 aliphatic carbocycles. The first kappa shape index (κ1) is 24.3. The quantitative estimate of drug-likeness (QED) is 0.272. The Hall–Kier alpha value is -3.38. The van der Waals surface area contributed by atoms with E-state index in [2.05, 4.69) is 31.3 Å². The van der Waals surface area contributed by atoms with Crippen molar-refractivity contribution in [2.45, 2.75) is 39.5 Å². The van der Waals surface area contributed by atoms with Crippen LogP contribution in [0.25, 0.3) is 11.3 Å². The minimum atomic E-state index is -0.492. The van der Waals surface area contributed by atoms with Crippen molar-refractivity contribution in [2.24, 2.45) is 5.10 Å². The number of nitrogens with one attached hydrogen (secondary N) is 1. The maximum absolute atomic E-state index is 12.2. The Bertz CT molecular complexity index is 1160. The average Bonchev–Trinajstić information content (AvgIpc) is 3.23. The van der Waals surface area contributed by atoms with E-state index >= 15 is 0 Å². The number of carbonyl (C=O) groups excluding carboxylic acids is 2. The van der Waals surface area contributed by atoms with E-state index in [9.17, 15) is 9.59 Å². The number of halogens is 1. The number of hydrogen-bond donors (Lipinski definition) is 1. The molecule has 1 amide bonds. The zero-order chi connectivity index (χ0) is 24.0. The lowest BCUT2D eigenvalue weighted by Gasteiger charge is -2.19. The molecule has 33 heavy (non-hydrogen) atoms. The van der Waals surface area contributed by atoms with E-state index in [4.69, 9.17) is 20.8 Å². The smallest absolute Gasteiger partial charge is 0.339 e. The molecule has 0 aliphatic heterocycles. The topological polar surface area (TPSA) is 80.9 Å². The first-order chi connectivity index (χ1) is 15.7. The fraction of sp³-hybridized carbons (Fsp3) is 0.269. The van der Waals surface area contributed by atoms with Crippen molar-refractivity contribution in [3.05, 3.63) is 82.1 Å². The Morgan fingerprint density at radius 3 is 2.48 bits per heavy atom. The van der Waals surface area contributed by atoms with E-state index in [0.29, 0.717) is 22.1 Å². The summed E-state index contributed by atoms with van der Waals surface area (Å²) in [6.45, 7) is 8.44. The molecule has 0 aliphatic rings. The van der Waals surface area contributed by atoms with Gasteiger partial charge in [-0.15, -0.1) is 0 Å². The van der Waals surface area contributed by atoms with Crippen LogP contribution in [0.15, 0.2) is 64.1 Å². The van der Waals surface area contributed by atoms with Gasteiger partial charge in [-0.3, -0.25) is 4.79 Å². The van der Waals surface area contributed by atoms with Gasteiger partial charge in [-0.25, -0.2) is 10.2 Å². The summed E-state index contributed by atoms with van der Waals surface area (Å²) in [5.41, 5.74) is 5.65. The summed E-state index contributed by atoms with van der Waals surface area (Å²) in [5.74, 6) is 0.267. The van der Waals surface area contributed by atoms with Crippen molar-refractivity contribution in [1.82, 2.24) is 5.43 Å². The van der Waals surface area contributed by atoms with Crippen molar-refractivity contribution in [3.8, 4) is 11.3 Å². The Morgan fingerprint density at radius 1 is 1.09 bits per heavy atom. The average molecular weight is 467 g/mol. The predicted molar refractivity (Wildman–Crippen MR) is 130 cm³/mol. The van der Waals surface area contributed by atoms with Crippen molar-refractivity contribution < 1.29 is 18.7 Å². The van der Waals surface area contributed by atoms with Crippen LogP contribution in [0.5, 0.6) is 0 Å². The second kappa shape index (κ2) is 10.5. The summed E-state index contributed by atoms with van der Waals surface area (Å²) in [5, 5.41) is 4.28. The highest BCUT2D eigenvalue weighted by Gasteiger charge is 2.15. The minimum Gasteiger partial charge on any atom is -0.462 e. The molecule has 1 N–H and O–H groups in total. The van der Waals surface area contributed by atoms with Gasteiger partial charge in [-0.1, -0.05) is 56.6 Å². The molecule has 2 aromatic carbocycles. The van der Waals surface area contributed by atoms with E-state index in [1.807, 2.05) is 24.3 Å². The van der Waals surface area contributed by atoms with Gasteiger partial charge in [-0.05, 0) is 53.8 Å². The lowest BCUT2D eigenvalue weighted by Crippen LogP contribution is -2.20. The summed E-state index contributed by atoms with van der Waals surface area (Å²) in [6, 6.07) is 16.4. The van der Waals surface area contributed by atoms with Crippen LogP contribution in [0, 0.1) is 0 Å². The fourth-order valence-electron chi connectivity index (χ4n) is 3.14. The van der Waals surface area contributed by atoms with Crippen LogP contribution in [0.1, 0.15) is 54.9 Å². The largest absolute Gasteiger partial charge is 0.462 e. The predicted octanol–water partition coefficient (Wildman–Crippen LogP) is 5.77. The first-order valence-electron chi connectivity index (χ1n) is 10.7. The van der Waals surface area contributed by atoms with Crippen molar-refractivity contribution in [2.75, 3.05) is 6.61 Å². The van der Waals surface area contributed by atoms with Crippen LogP contribution in [0.3, 0.4) is 0 Å². The lowest BCUT2D eigenvalue weighted by atomic mass is 9.86. The maximum Gasteiger partial charge on any atom is 0.339 e. The molecule has 0 bridgehead atoms. The van der Waals surface area contributed by atoms with Gasteiger partial charge in [0, 0.05) is 5.56 Å². The second-order valence-corrected chi connectivity index (χ2v) is 8.94. The van der Waals surface area contributed by atoms with Crippen molar-refractivity contribution in [1.29, 1.82) is 0 Å². The Morgan fingerprint density at radius 2 is 1.82 bits per heavy atom. The number of rotatable bonds is 7. The number of benzene rings is 2. The normalized spacial score (nSPS) is 11.5. The third-order valence-corrected chi connectivity index (χ3v) is 5.27. The summed E-state index contributed by atoms with van der Waals surface area (Å²) in [7, 11) is 0. The van der Waals surface area contributed by atoms with E-state index < -0.39 is 5.97 Å². The number of amides is 1. The molecule has 0 fully saturated rings. The molecule has 1 heterocycles. The first-order valence-corrected chi connectivity index (χ1v) is 11.0. The second-order valence-electron chi connectivity index (χ2n) is 8.53. The van der Waals surface area contributed by atoms with E-state index in [1.54, 1.807) is 37.3 Å². The zero-order valence-electron chi connectivity index (χ0n) is 19.1. The van der Waals surface area contributed by atoms with Gasteiger partial charge >= 0.3 is 5.97 Å². The molecule has 0 unspecified atom stereocenters. The van der Waals surface area contributed by atoms with Gasteiger partial charge in [0.25, 0.3) is 0 Å². The highest BCUT2D eigenvalue weighted by atomic mass is 35.5. The van der Waals surface area contributed by atoms with Crippen LogP contribution in [0.2, 0.25) is 5.02 Å². The molecular weight excluding hydrogens is 440 g/mol. The maximum atomic E-state index is 12.2. The number of hydrazone groups is 1. The molecule has 7 heteroatoms. The highest BCUT2D eigenvalue weighted by molar-refractivity contribution is 6.33. The van der Waals surface area contributed by atoms with Crippen LogP contribution in [-0.4, -0.2) is 24.7 Å². The van der Waals surface area contributed by atoms with Gasteiger partial charge in [-0.2, -0.15) is 5.10 Å². The van der Waals surface area contributed by atoms with Gasteiger partial charge < -0.3 is 9.15 Å². The van der Waals surface area contributed by atoms with Gasteiger partial charge in [0.2, 0.25) is 5.91 Å². The molecule has 0 radical (unpaired) electrons. The number of esters is 1. The van der Waals surface area contributed by atoms with E-state index in [1.165, 1.54) is 11.8 Å². The third kappa shape index (κ3) is 6.56. The number of hydrogen-bond acceptors (Lipinski definition) is 5. The minimum absolute atomic E-state index is 0.0688. The molecule has 3 rings (SSSR count). The van der Waals surface area contributed by atoms with Crippen LogP contribution < -0.4 is 5.43 Å². The summed E-state index contributed by atoms with van der Waals surface area (Å²) in [6.07, 6.45) is 1.65. The number of furan rings is 1. The molecule has 6 nitrogen and oxygen atoms in total. The van der Waals surface area contributed by atoms with Crippen molar-refractivity contribution in [3.63, 3.8) is 0 Å². The Labute approximate surface area is 198 Å². The van der Waals surface area contributed by atoms with E-state index in [-0.39, 0.29) is 29.9 Å². The Balaban J connectivity index is 1.60. The molecular formula is C26H27ClN2O4. The molecule has 3 aromatic rings. The standard InChI is InChI=1S/C26H27ClN2O4/c1-5-32-25(31)21-15-18(8-12-22(21)27)23-13-11-20(33-23)16-28-29-24(30)14-17-6-9-19(10-7-17)26(2,3)4/h6-13,15-16H,5,14H2,1-4H3,(H,29,30)/b28-16-. The third-order valence-electron chi connectivity index (χ3n) is 4.94. The van der Waals surface area contributed by atoms with Gasteiger partial charge in [0.1, 0.15) is 11.5 Å². The summed E-state index contributed by atoms with van der Waals surface area (Å²) in [4.78, 5) is 24.2. The number of nitrogens with zero attached hydrogens (tertiary/aromatic N) is 1. The highest BCUT2D eigenvalue weighted by Crippen LogP contribution is 2.27. The molecule has 0 atom stereocenters. The molecule has 0 saturated heterocycles. The zero-order valence-corrected chi connectivity index (χ0v) is 19.9. The Kier molecular flexibility index (Phi) is 7.71. The van der Waals surface area contributed by atoms with Gasteiger partial charge in [0.15, 0.2) is 0 Å². The molecule has 0 spiro atoms. The molecule has 0 saturated carbocycles. The number of carbonyl (C=O) groups is 2. The van der Waals surface area contributed by atoms with Gasteiger partial charge in [0.05, 0.1) is 29.8 Å². The van der Waals surface area contributed by atoms with Crippen LogP contribution >= 0.6 is 11.6 Å². The lowest BCUT2D eigenvalue weighted by molar-refractivity contribution is -0.120. The van der Waals surface area contributed by atoms with Crippen molar-refractivity contribution >= 4 is 29.7 Å². The molecule has 1 aromatic heterocycles. The number of ether oxygens (including phenoxy) is 1. The molecule has 172 valence electrons.